The summed E-state index contributed by atoms with van der Waals surface area (Å²) in [6.45, 7) is 3.28. The zero-order valence-electron chi connectivity index (χ0n) is 11.2. The van der Waals surface area contributed by atoms with Crippen LogP contribution in [0.3, 0.4) is 0 Å². The molecule has 18 heavy (non-hydrogen) atoms. The summed E-state index contributed by atoms with van der Waals surface area (Å²) in [6, 6.07) is -0.476. The lowest BCUT2D eigenvalue weighted by Crippen LogP contribution is -2.44. The van der Waals surface area contributed by atoms with Gasteiger partial charge in [0.05, 0.1) is 5.41 Å². The smallest absolute Gasteiger partial charge is 0.314 e. The van der Waals surface area contributed by atoms with Crippen LogP contribution in [0, 0.1) is 5.41 Å². The predicted octanol–water partition coefficient (Wildman–Crippen LogP) is -0.125. The number of carboxylic acids is 1. The lowest BCUT2D eigenvalue weighted by Gasteiger charge is -2.19. The lowest BCUT2D eigenvalue weighted by molar-refractivity contribution is -0.146. The first-order valence-corrected chi connectivity index (χ1v) is 5.62. The van der Waals surface area contributed by atoms with Gasteiger partial charge in [0, 0.05) is 33.6 Å². The molecule has 0 radical (unpaired) electrons. The SMILES string of the molecule is CN(C)C(=O)CCNC(=O)NCC(C)(C)C(=O)O. The van der Waals surface area contributed by atoms with Crippen LogP contribution in [0.15, 0.2) is 0 Å². The molecule has 0 unspecified atom stereocenters. The number of hydrogen-bond donors (Lipinski definition) is 3. The van der Waals surface area contributed by atoms with Crippen LogP contribution in [0.5, 0.6) is 0 Å². The molecule has 0 aromatic carbocycles. The van der Waals surface area contributed by atoms with Crippen molar-refractivity contribution in [2.75, 3.05) is 27.2 Å². The van der Waals surface area contributed by atoms with Crippen LogP contribution >= 0.6 is 0 Å². The normalized spacial score (nSPS) is 10.7. The summed E-state index contributed by atoms with van der Waals surface area (Å²) in [7, 11) is 3.27. The molecule has 0 saturated carbocycles. The monoisotopic (exact) mass is 259 g/mol. The van der Waals surface area contributed by atoms with Crippen molar-refractivity contribution in [1.29, 1.82) is 0 Å². The second kappa shape index (κ2) is 6.83. The van der Waals surface area contributed by atoms with Crippen molar-refractivity contribution >= 4 is 17.9 Å². The number of hydrogen-bond acceptors (Lipinski definition) is 3. The lowest BCUT2D eigenvalue weighted by atomic mass is 9.94. The second-order valence-electron chi connectivity index (χ2n) is 4.84. The maximum Gasteiger partial charge on any atom is 0.314 e. The van der Waals surface area contributed by atoms with E-state index in [1.165, 1.54) is 18.7 Å². The fraction of sp³-hybridized carbons (Fsp3) is 0.727. The minimum Gasteiger partial charge on any atom is -0.481 e. The summed E-state index contributed by atoms with van der Waals surface area (Å²) in [6.07, 6.45) is 0.211. The molecule has 0 aliphatic rings. The number of rotatable bonds is 6. The summed E-state index contributed by atoms with van der Waals surface area (Å²) in [5.41, 5.74) is -1.02. The molecule has 0 fully saturated rings. The Bertz CT molecular complexity index is 326. The van der Waals surface area contributed by atoms with Crippen molar-refractivity contribution < 1.29 is 19.5 Å². The Hall–Kier alpha value is -1.79. The Morgan fingerprint density at radius 1 is 1.17 bits per heavy atom. The Morgan fingerprint density at radius 3 is 2.17 bits per heavy atom. The number of amides is 3. The van der Waals surface area contributed by atoms with E-state index in [1.54, 1.807) is 14.1 Å². The molecule has 0 aromatic rings. The summed E-state index contributed by atoms with van der Waals surface area (Å²) in [5.74, 6) is -1.06. The quantitative estimate of drug-likeness (QED) is 0.619. The van der Waals surface area contributed by atoms with E-state index in [1.807, 2.05) is 0 Å². The van der Waals surface area contributed by atoms with Crippen LogP contribution in [0.1, 0.15) is 20.3 Å². The Kier molecular flexibility index (Phi) is 6.15. The maximum absolute atomic E-state index is 11.3. The second-order valence-corrected chi connectivity index (χ2v) is 4.84. The van der Waals surface area contributed by atoms with Crippen molar-refractivity contribution in [3.05, 3.63) is 0 Å². The molecular weight excluding hydrogens is 238 g/mol. The minimum atomic E-state index is -1.02. The average molecular weight is 259 g/mol. The zero-order chi connectivity index (χ0) is 14.3. The van der Waals surface area contributed by atoms with Gasteiger partial charge in [0.25, 0.3) is 0 Å². The molecule has 7 heteroatoms. The van der Waals surface area contributed by atoms with Crippen molar-refractivity contribution in [2.45, 2.75) is 20.3 Å². The largest absolute Gasteiger partial charge is 0.481 e. The molecule has 0 aliphatic heterocycles. The molecule has 0 bridgehead atoms. The maximum atomic E-state index is 11.3. The third kappa shape index (κ3) is 6.07. The first-order chi connectivity index (χ1) is 8.16. The summed E-state index contributed by atoms with van der Waals surface area (Å²) in [4.78, 5) is 34.8. The fourth-order valence-corrected chi connectivity index (χ4v) is 0.946. The molecule has 7 nitrogen and oxygen atoms in total. The molecule has 3 amide bonds. The molecular formula is C11H21N3O4. The van der Waals surface area contributed by atoms with Crippen molar-refractivity contribution in [1.82, 2.24) is 15.5 Å². The Balaban J connectivity index is 3.87. The molecule has 104 valence electrons. The summed E-state index contributed by atoms with van der Waals surface area (Å²) >= 11 is 0. The minimum absolute atomic E-state index is 0.0236. The molecule has 0 spiro atoms. The molecule has 0 heterocycles. The van der Waals surface area contributed by atoms with Crippen molar-refractivity contribution in [3.8, 4) is 0 Å². The number of aliphatic carboxylic acids is 1. The highest BCUT2D eigenvalue weighted by atomic mass is 16.4. The van der Waals surface area contributed by atoms with E-state index < -0.39 is 17.4 Å². The Morgan fingerprint density at radius 2 is 1.72 bits per heavy atom. The van der Waals surface area contributed by atoms with E-state index >= 15 is 0 Å². The van der Waals surface area contributed by atoms with Gasteiger partial charge >= 0.3 is 12.0 Å². The molecule has 3 N–H and O–H groups in total. The first kappa shape index (κ1) is 16.2. The van der Waals surface area contributed by atoms with Gasteiger partial charge in [0.1, 0.15) is 0 Å². The Labute approximate surface area is 107 Å². The van der Waals surface area contributed by atoms with Gasteiger partial charge in [-0.25, -0.2) is 4.79 Å². The van der Waals surface area contributed by atoms with Crippen LogP contribution < -0.4 is 10.6 Å². The average Bonchev–Trinajstić information content (AvgIpc) is 2.26. The highest BCUT2D eigenvalue weighted by Gasteiger charge is 2.27. The third-order valence-electron chi connectivity index (χ3n) is 2.39. The van der Waals surface area contributed by atoms with Crippen LogP contribution in [-0.4, -0.2) is 55.1 Å². The van der Waals surface area contributed by atoms with E-state index in [0.29, 0.717) is 0 Å². The van der Waals surface area contributed by atoms with E-state index in [2.05, 4.69) is 10.6 Å². The standard InChI is InChI=1S/C11H21N3O4/c1-11(2,9(16)17)7-13-10(18)12-6-5-8(15)14(3)4/h5-7H2,1-4H3,(H,16,17)(H2,12,13,18). The number of nitrogens with zero attached hydrogens (tertiary/aromatic N) is 1. The van der Waals surface area contributed by atoms with Crippen LogP contribution in [-0.2, 0) is 9.59 Å². The third-order valence-corrected chi connectivity index (χ3v) is 2.39. The van der Waals surface area contributed by atoms with Crippen LogP contribution in [0.25, 0.3) is 0 Å². The number of nitrogens with one attached hydrogen (secondary N) is 2. The van der Waals surface area contributed by atoms with E-state index in [9.17, 15) is 14.4 Å². The first-order valence-electron chi connectivity index (χ1n) is 5.62. The number of carboxylic acid groups (broad SMARTS) is 1. The molecule has 0 aromatic heterocycles. The molecule has 0 rings (SSSR count). The predicted molar refractivity (Wildman–Crippen MR) is 66.1 cm³/mol. The number of carbonyl (C=O) groups is 3. The van der Waals surface area contributed by atoms with Gasteiger partial charge in [0.2, 0.25) is 5.91 Å². The molecule has 0 atom stereocenters. The van der Waals surface area contributed by atoms with Crippen LogP contribution in [0.4, 0.5) is 4.79 Å². The van der Waals surface area contributed by atoms with Gasteiger partial charge in [-0.05, 0) is 13.8 Å². The van der Waals surface area contributed by atoms with Gasteiger partial charge in [0.15, 0.2) is 0 Å². The van der Waals surface area contributed by atoms with Gasteiger partial charge in [-0.1, -0.05) is 0 Å². The zero-order valence-corrected chi connectivity index (χ0v) is 11.2. The van der Waals surface area contributed by atoms with Gasteiger partial charge in [-0.2, -0.15) is 0 Å². The van der Waals surface area contributed by atoms with E-state index in [0.717, 1.165) is 0 Å². The molecule has 0 saturated heterocycles. The summed E-state index contributed by atoms with van der Waals surface area (Å²) < 4.78 is 0. The van der Waals surface area contributed by atoms with Gasteiger partial charge in [-0.15, -0.1) is 0 Å². The highest BCUT2D eigenvalue weighted by molar-refractivity contribution is 5.79. The van der Waals surface area contributed by atoms with E-state index in [-0.39, 0.29) is 25.4 Å². The molecule has 0 aliphatic carbocycles. The summed E-state index contributed by atoms with van der Waals surface area (Å²) in [5, 5.41) is 13.8. The fourth-order valence-electron chi connectivity index (χ4n) is 0.946. The van der Waals surface area contributed by atoms with Gasteiger partial charge < -0.3 is 20.6 Å². The number of carbonyl (C=O) groups excluding carboxylic acids is 2. The van der Waals surface area contributed by atoms with Crippen molar-refractivity contribution in [3.63, 3.8) is 0 Å². The van der Waals surface area contributed by atoms with Crippen molar-refractivity contribution in [2.24, 2.45) is 5.41 Å². The van der Waals surface area contributed by atoms with Crippen LogP contribution in [0.2, 0.25) is 0 Å². The highest BCUT2D eigenvalue weighted by Crippen LogP contribution is 2.12. The number of urea groups is 1. The topological polar surface area (TPSA) is 98.7 Å². The van der Waals surface area contributed by atoms with Gasteiger partial charge in [-0.3, -0.25) is 9.59 Å². The van der Waals surface area contributed by atoms with E-state index in [4.69, 9.17) is 5.11 Å².